The van der Waals surface area contributed by atoms with Crippen molar-refractivity contribution in [3.8, 4) is 5.75 Å². The minimum Gasteiger partial charge on any atom is -0.483 e. The predicted molar refractivity (Wildman–Crippen MR) is 106 cm³/mol. The molecule has 0 aliphatic carbocycles. The highest BCUT2D eigenvalue weighted by atomic mass is 16.5. The minimum atomic E-state index is -0.106. The van der Waals surface area contributed by atoms with E-state index in [9.17, 15) is 4.79 Å². The Kier molecular flexibility index (Phi) is 6.85. The van der Waals surface area contributed by atoms with Gasteiger partial charge in [-0.25, -0.2) is 0 Å². The molecule has 1 fully saturated rings. The molecule has 5 heteroatoms. The number of carbonyl (C=O) groups excluding carboxylic acids is 1. The Labute approximate surface area is 161 Å². The maximum Gasteiger partial charge on any atom is 0.258 e. The van der Waals surface area contributed by atoms with Crippen LogP contribution < -0.4 is 10.1 Å². The van der Waals surface area contributed by atoms with Crippen molar-refractivity contribution in [2.24, 2.45) is 0 Å². The van der Waals surface area contributed by atoms with Crippen molar-refractivity contribution in [3.05, 3.63) is 65.2 Å². The van der Waals surface area contributed by atoms with Gasteiger partial charge in [-0.1, -0.05) is 42.5 Å². The maximum absolute atomic E-state index is 12.4. The summed E-state index contributed by atoms with van der Waals surface area (Å²) in [5.41, 5.74) is 3.43. The molecule has 3 rings (SSSR count). The molecule has 1 aliphatic rings. The van der Waals surface area contributed by atoms with Crippen molar-refractivity contribution in [3.63, 3.8) is 0 Å². The molecule has 2 aromatic carbocycles. The summed E-state index contributed by atoms with van der Waals surface area (Å²) in [5.74, 6) is 0.656. The average molecular weight is 368 g/mol. The van der Waals surface area contributed by atoms with Crippen LogP contribution in [0.5, 0.6) is 5.75 Å². The van der Waals surface area contributed by atoms with E-state index in [0.717, 1.165) is 43.2 Å². The van der Waals surface area contributed by atoms with Crippen LogP contribution in [-0.4, -0.2) is 50.3 Å². The number of benzene rings is 2. The van der Waals surface area contributed by atoms with Crippen molar-refractivity contribution in [1.82, 2.24) is 10.2 Å². The van der Waals surface area contributed by atoms with Gasteiger partial charge in [0, 0.05) is 19.6 Å². The van der Waals surface area contributed by atoms with E-state index in [1.165, 1.54) is 5.56 Å². The molecule has 2 aromatic rings. The van der Waals surface area contributed by atoms with Crippen LogP contribution in [0.25, 0.3) is 0 Å². The van der Waals surface area contributed by atoms with E-state index in [1.807, 2.05) is 50.2 Å². The molecule has 1 heterocycles. The number of hydrogen-bond acceptors (Lipinski definition) is 4. The summed E-state index contributed by atoms with van der Waals surface area (Å²) in [6, 6.07) is 16.3. The first kappa shape index (κ1) is 19.4. The zero-order valence-electron chi connectivity index (χ0n) is 16.1. The van der Waals surface area contributed by atoms with E-state index in [4.69, 9.17) is 9.47 Å². The van der Waals surface area contributed by atoms with Gasteiger partial charge in [0.05, 0.1) is 19.3 Å². The molecule has 0 radical (unpaired) electrons. The zero-order valence-corrected chi connectivity index (χ0v) is 16.1. The summed E-state index contributed by atoms with van der Waals surface area (Å²) in [4.78, 5) is 14.7. The fourth-order valence-corrected chi connectivity index (χ4v) is 3.31. The lowest BCUT2D eigenvalue weighted by Gasteiger charge is -2.34. The molecule has 1 N–H and O–H groups in total. The van der Waals surface area contributed by atoms with Gasteiger partial charge in [-0.15, -0.1) is 0 Å². The summed E-state index contributed by atoms with van der Waals surface area (Å²) >= 11 is 0. The Balaban J connectivity index is 1.57. The summed E-state index contributed by atoms with van der Waals surface area (Å²) in [7, 11) is 0. The standard InChI is InChI=1S/C22H28N2O3/c1-17-7-6-10-21(18(17)2)27-16-22(25)23-15-20(19-8-4-3-5-9-19)24-11-13-26-14-12-24/h3-10,20H,11-16H2,1-2H3,(H,23,25). The minimum absolute atomic E-state index is 0.0227. The Hall–Kier alpha value is -2.37. The number of hydrogen-bond donors (Lipinski definition) is 1. The molecule has 27 heavy (non-hydrogen) atoms. The van der Waals surface area contributed by atoms with Crippen molar-refractivity contribution in [2.45, 2.75) is 19.9 Å². The number of carbonyl (C=O) groups is 1. The Bertz CT molecular complexity index is 742. The number of aryl methyl sites for hydroxylation is 1. The maximum atomic E-state index is 12.4. The lowest BCUT2D eigenvalue weighted by molar-refractivity contribution is -0.123. The third kappa shape index (κ3) is 5.31. The lowest BCUT2D eigenvalue weighted by Crippen LogP contribution is -2.44. The van der Waals surface area contributed by atoms with E-state index in [2.05, 4.69) is 22.3 Å². The molecule has 144 valence electrons. The van der Waals surface area contributed by atoms with Gasteiger partial charge in [0.15, 0.2) is 6.61 Å². The largest absolute Gasteiger partial charge is 0.483 e. The second-order valence-electron chi connectivity index (χ2n) is 6.87. The van der Waals surface area contributed by atoms with Crippen LogP contribution in [0.15, 0.2) is 48.5 Å². The van der Waals surface area contributed by atoms with Gasteiger partial charge >= 0.3 is 0 Å². The third-order valence-electron chi connectivity index (χ3n) is 5.08. The van der Waals surface area contributed by atoms with E-state index in [0.29, 0.717) is 6.54 Å². The molecule has 1 amide bonds. The molecule has 0 spiro atoms. The Morgan fingerprint density at radius 3 is 2.59 bits per heavy atom. The highest BCUT2D eigenvalue weighted by Crippen LogP contribution is 2.22. The average Bonchev–Trinajstić information content (AvgIpc) is 2.71. The lowest BCUT2D eigenvalue weighted by atomic mass is 10.0. The smallest absolute Gasteiger partial charge is 0.258 e. The van der Waals surface area contributed by atoms with Crippen molar-refractivity contribution >= 4 is 5.91 Å². The SMILES string of the molecule is Cc1cccc(OCC(=O)NCC(c2ccccc2)N2CCOCC2)c1C. The number of ether oxygens (including phenoxy) is 2. The topological polar surface area (TPSA) is 50.8 Å². The highest BCUT2D eigenvalue weighted by Gasteiger charge is 2.23. The predicted octanol–water partition coefficient (Wildman–Crippen LogP) is 2.87. The molecular formula is C22H28N2O3. The molecular weight excluding hydrogens is 340 g/mol. The van der Waals surface area contributed by atoms with Crippen molar-refractivity contribution < 1.29 is 14.3 Å². The third-order valence-corrected chi connectivity index (χ3v) is 5.08. The number of amides is 1. The quantitative estimate of drug-likeness (QED) is 0.817. The van der Waals surface area contributed by atoms with E-state index >= 15 is 0 Å². The number of rotatable bonds is 7. The molecule has 0 saturated carbocycles. The first-order chi connectivity index (χ1) is 13.1. The molecule has 0 aromatic heterocycles. The van der Waals surface area contributed by atoms with Gasteiger partial charge in [-0.05, 0) is 36.6 Å². The van der Waals surface area contributed by atoms with Gasteiger partial charge in [0.2, 0.25) is 0 Å². The fraction of sp³-hybridized carbons (Fsp3) is 0.409. The first-order valence-electron chi connectivity index (χ1n) is 9.47. The molecule has 1 saturated heterocycles. The fourth-order valence-electron chi connectivity index (χ4n) is 3.31. The van der Waals surface area contributed by atoms with Crippen LogP contribution >= 0.6 is 0 Å². The Morgan fingerprint density at radius 1 is 1.11 bits per heavy atom. The number of nitrogens with one attached hydrogen (secondary N) is 1. The molecule has 5 nitrogen and oxygen atoms in total. The number of nitrogens with zero attached hydrogens (tertiary/aromatic N) is 1. The summed E-state index contributed by atoms with van der Waals surface area (Å²) in [6.07, 6.45) is 0. The molecule has 1 atom stereocenters. The monoisotopic (exact) mass is 368 g/mol. The normalized spacial score (nSPS) is 15.9. The summed E-state index contributed by atoms with van der Waals surface area (Å²) in [6.45, 7) is 7.82. The summed E-state index contributed by atoms with van der Waals surface area (Å²) < 4.78 is 11.2. The van der Waals surface area contributed by atoms with Crippen LogP contribution in [0.2, 0.25) is 0 Å². The van der Waals surface area contributed by atoms with Gasteiger partial charge in [0.25, 0.3) is 5.91 Å². The van der Waals surface area contributed by atoms with Gasteiger partial charge in [-0.2, -0.15) is 0 Å². The second kappa shape index (κ2) is 9.53. The van der Waals surface area contributed by atoms with Crippen LogP contribution in [0.3, 0.4) is 0 Å². The molecule has 0 bridgehead atoms. The van der Waals surface area contributed by atoms with Gasteiger partial charge in [-0.3, -0.25) is 9.69 Å². The van der Waals surface area contributed by atoms with Gasteiger partial charge in [0.1, 0.15) is 5.75 Å². The van der Waals surface area contributed by atoms with E-state index < -0.39 is 0 Å². The Morgan fingerprint density at radius 2 is 1.85 bits per heavy atom. The van der Waals surface area contributed by atoms with Crippen molar-refractivity contribution in [1.29, 1.82) is 0 Å². The summed E-state index contributed by atoms with van der Waals surface area (Å²) in [5, 5.41) is 3.04. The second-order valence-corrected chi connectivity index (χ2v) is 6.87. The first-order valence-corrected chi connectivity index (χ1v) is 9.47. The highest BCUT2D eigenvalue weighted by molar-refractivity contribution is 5.77. The van der Waals surface area contributed by atoms with Crippen LogP contribution in [-0.2, 0) is 9.53 Å². The molecule has 1 unspecified atom stereocenters. The van der Waals surface area contributed by atoms with E-state index in [-0.39, 0.29) is 18.6 Å². The van der Waals surface area contributed by atoms with Crippen LogP contribution in [0, 0.1) is 13.8 Å². The van der Waals surface area contributed by atoms with E-state index in [1.54, 1.807) is 0 Å². The zero-order chi connectivity index (χ0) is 19.1. The van der Waals surface area contributed by atoms with Crippen molar-refractivity contribution in [2.75, 3.05) is 39.5 Å². The van der Waals surface area contributed by atoms with Crippen LogP contribution in [0.4, 0.5) is 0 Å². The number of morpholine rings is 1. The van der Waals surface area contributed by atoms with Crippen LogP contribution in [0.1, 0.15) is 22.7 Å². The molecule has 1 aliphatic heterocycles. The van der Waals surface area contributed by atoms with Gasteiger partial charge < -0.3 is 14.8 Å².